The van der Waals surface area contributed by atoms with E-state index < -0.39 is 33.8 Å². The van der Waals surface area contributed by atoms with Gasteiger partial charge in [-0.25, -0.2) is 0 Å². The van der Waals surface area contributed by atoms with Crippen LogP contribution >= 0.6 is 0 Å². The third-order valence-corrected chi connectivity index (χ3v) is 15.9. The average Bonchev–Trinajstić information content (AvgIpc) is 2.15. The molecule has 0 amide bonds. The molecule has 0 aromatic carbocycles. The maximum Gasteiger partial charge on any atom is 0.475 e. The van der Waals surface area contributed by atoms with Gasteiger partial charge in [-0.15, -0.1) is 0 Å². The summed E-state index contributed by atoms with van der Waals surface area (Å²) in [6, 6.07) is 0. The van der Waals surface area contributed by atoms with Gasteiger partial charge in [-0.2, -0.15) is 0 Å². The number of hydrogen-bond acceptors (Lipinski definition) is 4. The normalized spacial score (nSPS) is 15.0. The summed E-state index contributed by atoms with van der Waals surface area (Å²) >= 11 is 0. The van der Waals surface area contributed by atoms with Crippen LogP contribution in [0.1, 0.15) is 34.1 Å². The second-order valence-corrected chi connectivity index (χ2v) is 29.3. The summed E-state index contributed by atoms with van der Waals surface area (Å²) in [4.78, 5) is 0. The summed E-state index contributed by atoms with van der Waals surface area (Å²) in [5.74, 6) is -0.0218. The smallest absolute Gasteiger partial charge is 0.417 e. The van der Waals surface area contributed by atoms with E-state index in [0.717, 1.165) is 6.42 Å². The number of guanidine groups is 1. The highest BCUT2D eigenvalue weighted by molar-refractivity contribution is 6.91. The van der Waals surface area contributed by atoms with E-state index in [1.807, 2.05) is 0 Å². The molecule has 0 radical (unpaired) electrons. The third-order valence-electron chi connectivity index (χ3n) is 3.51. The van der Waals surface area contributed by atoms with Gasteiger partial charge in [-0.05, 0) is 79.2 Å². The molecule has 0 aliphatic heterocycles. The molecule has 10 heteroatoms. The Bertz CT molecular complexity index is 480. The molecule has 0 rings (SSSR count). The Morgan fingerprint density at radius 2 is 1.07 bits per heavy atom. The van der Waals surface area contributed by atoms with Gasteiger partial charge in [0.05, 0.1) is 0 Å². The molecule has 0 aliphatic rings. The fourth-order valence-corrected chi connectivity index (χ4v) is 18.6. The van der Waals surface area contributed by atoms with Gasteiger partial charge in [0.25, 0.3) is 0 Å². The van der Waals surface area contributed by atoms with E-state index in [9.17, 15) is 0 Å². The van der Waals surface area contributed by atoms with Crippen LogP contribution in [0.4, 0.5) is 0 Å². The first kappa shape index (κ1) is 27.0. The lowest BCUT2D eigenvalue weighted by Gasteiger charge is -2.52. The monoisotopic (exact) mass is 451 g/mol. The van der Waals surface area contributed by atoms with Crippen LogP contribution < -0.4 is 11.1 Å². The van der Waals surface area contributed by atoms with Crippen molar-refractivity contribution in [3.05, 3.63) is 0 Å². The quantitative estimate of drug-likeness (QED) is 0.249. The summed E-state index contributed by atoms with van der Waals surface area (Å²) < 4.78 is 20.6. The van der Waals surface area contributed by atoms with Crippen LogP contribution in [0.25, 0.3) is 0 Å². The van der Waals surface area contributed by atoms with Crippen LogP contribution in [0.2, 0.25) is 64.0 Å². The minimum absolute atomic E-state index is 0.0218. The predicted molar refractivity (Wildman–Crippen MR) is 127 cm³/mol. The largest absolute Gasteiger partial charge is 0.475 e. The van der Waals surface area contributed by atoms with Gasteiger partial charge in [-0.3, -0.25) is 5.41 Å². The zero-order chi connectivity index (χ0) is 22.1. The Labute approximate surface area is 172 Å². The van der Waals surface area contributed by atoms with E-state index in [1.165, 1.54) is 0 Å². The van der Waals surface area contributed by atoms with Crippen molar-refractivity contribution in [2.75, 3.05) is 0 Å². The van der Waals surface area contributed by atoms with Crippen LogP contribution in [-0.2, 0) is 12.3 Å². The van der Waals surface area contributed by atoms with Crippen molar-refractivity contribution < 1.29 is 12.3 Å². The minimum atomic E-state index is -3.06. The maximum absolute atomic E-state index is 7.65. The molecule has 27 heavy (non-hydrogen) atoms. The van der Waals surface area contributed by atoms with Crippen molar-refractivity contribution in [1.29, 1.82) is 5.41 Å². The van der Waals surface area contributed by atoms with Crippen LogP contribution in [0, 0.1) is 5.41 Å². The molecule has 0 fully saturated rings. The predicted octanol–water partition coefficient (Wildman–Crippen LogP) is 4.91. The molecule has 0 saturated carbocycles. The minimum Gasteiger partial charge on any atom is -0.417 e. The lowest BCUT2D eigenvalue weighted by atomic mass is 9.92. The Kier molecular flexibility index (Phi) is 8.41. The second-order valence-electron chi connectivity index (χ2n) is 11.7. The molecular formula is C17H45N3O3Si4. The van der Waals surface area contributed by atoms with E-state index in [4.69, 9.17) is 23.5 Å². The van der Waals surface area contributed by atoms with E-state index in [1.54, 1.807) is 0 Å². The van der Waals surface area contributed by atoms with Gasteiger partial charge in [-0.1, -0.05) is 13.8 Å². The van der Waals surface area contributed by atoms with Crippen molar-refractivity contribution in [2.45, 2.75) is 104 Å². The molecule has 0 unspecified atom stereocenters. The Morgan fingerprint density at radius 1 is 0.778 bits per heavy atom. The third kappa shape index (κ3) is 10.4. The van der Waals surface area contributed by atoms with Gasteiger partial charge < -0.3 is 23.4 Å². The second kappa shape index (κ2) is 8.40. The number of nitrogens with one attached hydrogen (secondary N) is 2. The highest BCUT2D eigenvalue weighted by atomic mass is 28.5. The lowest BCUT2D eigenvalue weighted by Crippen LogP contribution is -2.67. The molecule has 0 saturated heterocycles. The maximum atomic E-state index is 7.65. The molecule has 0 heterocycles. The van der Waals surface area contributed by atoms with Crippen molar-refractivity contribution >= 4 is 39.7 Å². The summed E-state index contributed by atoms with van der Waals surface area (Å²) in [6.45, 7) is 28.3. The van der Waals surface area contributed by atoms with Gasteiger partial charge >= 0.3 is 8.80 Å². The van der Waals surface area contributed by atoms with Gasteiger partial charge in [0.1, 0.15) is 0 Å². The van der Waals surface area contributed by atoms with Crippen LogP contribution in [0.5, 0.6) is 0 Å². The van der Waals surface area contributed by atoms with Gasteiger partial charge in [0.2, 0.25) is 0 Å². The first-order valence-electron chi connectivity index (χ1n) is 9.72. The first-order chi connectivity index (χ1) is 11.5. The molecule has 0 aromatic heterocycles. The summed E-state index contributed by atoms with van der Waals surface area (Å²) in [7, 11) is -8.88. The van der Waals surface area contributed by atoms with Crippen molar-refractivity contribution in [3.63, 3.8) is 0 Å². The zero-order valence-electron chi connectivity index (χ0n) is 20.0. The molecule has 0 bridgehead atoms. The Hall–Kier alpha value is 0.0175. The molecule has 162 valence electrons. The van der Waals surface area contributed by atoms with E-state index in [-0.39, 0.29) is 16.5 Å². The van der Waals surface area contributed by atoms with Crippen LogP contribution in [-0.4, -0.2) is 45.3 Å². The van der Waals surface area contributed by atoms with Gasteiger partial charge in [0, 0.05) is 10.6 Å². The Balaban J connectivity index is 6.34. The molecule has 6 nitrogen and oxygen atoms in total. The number of rotatable bonds is 10. The summed E-state index contributed by atoms with van der Waals surface area (Å²) in [6.07, 6.45) is 0.727. The SMILES string of the molecule is CC(C)(CC(C)(C)[Si](O[Si](C)(C)C)(O[Si](C)(C)C)O[Si](C)(C)C)NC(=N)N. The summed E-state index contributed by atoms with van der Waals surface area (Å²) in [5.41, 5.74) is 5.25. The molecule has 0 aromatic rings. The average molecular weight is 452 g/mol. The van der Waals surface area contributed by atoms with E-state index in [0.29, 0.717) is 0 Å². The lowest BCUT2D eigenvalue weighted by molar-refractivity contribution is 0.190. The van der Waals surface area contributed by atoms with Crippen molar-refractivity contribution in [2.24, 2.45) is 5.73 Å². The van der Waals surface area contributed by atoms with Gasteiger partial charge in [0.15, 0.2) is 30.9 Å². The summed E-state index contributed by atoms with van der Waals surface area (Å²) in [5, 5.41) is 10.4. The molecule has 4 N–H and O–H groups in total. The fourth-order valence-electron chi connectivity index (χ4n) is 3.31. The van der Waals surface area contributed by atoms with Crippen LogP contribution in [0.3, 0.4) is 0 Å². The molecule has 0 spiro atoms. The van der Waals surface area contributed by atoms with E-state index >= 15 is 0 Å². The standard InChI is InChI=1S/C17H45N3O3Si4/c1-16(2,20-15(18)19)14-17(3,4)27(21-24(5,6)7,22-25(8,9)10)23-26(11,12)13/h14H2,1-13H3,(H4,18,19,20). The number of nitrogens with two attached hydrogens (primary N) is 1. The van der Waals surface area contributed by atoms with Crippen LogP contribution in [0.15, 0.2) is 0 Å². The molecule has 0 atom stereocenters. The molecule has 0 aliphatic carbocycles. The first-order valence-corrected chi connectivity index (χ1v) is 21.7. The van der Waals surface area contributed by atoms with E-state index in [2.05, 4.69) is 91.9 Å². The number of hydrogen-bond donors (Lipinski definition) is 3. The Morgan fingerprint density at radius 3 is 1.30 bits per heavy atom. The fraction of sp³-hybridized carbons (Fsp3) is 0.941. The highest BCUT2D eigenvalue weighted by Crippen LogP contribution is 2.49. The van der Waals surface area contributed by atoms with Crippen molar-refractivity contribution in [1.82, 2.24) is 5.32 Å². The molecular weight excluding hydrogens is 407 g/mol. The van der Waals surface area contributed by atoms with Crippen molar-refractivity contribution in [3.8, 4) is 0 Å². The highest BCUT2D eigenvalue weighted by Gasteiger charge is 2.61. The zero-order valence-corrected chi connectivity index (χ0v) is 24.0. The topological polar surface area (TPSA) is 89.6 Å².